The summed E-state index contributed by atoms with van der Waals surface area (Å²) >= 11 is 3.27. The van der Waals surface area contributed by atoms with Crippen LogP contribution in [0.1, 0.15) is 30.8 Å². The first-order valence-electron chi connectivity index (χ1n) is 6.53. The van der Waals surface area contributed by atoms with Gasteiger partial charge < -0.3 is 5.32 Å². The van der Waals surface area contributed by atoms with Crippen molar-refractivity contribution in [2.24, 2.45) is 0 Å². The lowest BCUT2D eigenvalue weighted by atomic mass is 10.2. The van der Waals surface area contributed by atoms with E-state index in [0.29, 0.717) is 17.0 Å². The molecule has 0 aliphatic carbocycles. The third kappa shape index (κ3) is 3.72. The van der Waals surface area contributed by atoms with Gasteiger partial charge in [0.1, 0.15) is 5.82 Å². The number of aromatic nitrogens is 3. The van der Waals surface area contributed by atoms with Crippen LogP contribution in [0.25, 0.3) is 0 Å². The molecule has 6 heteroatoms. The molecule has 0 saturated heterocycles. The Morgan fingerprint density at radius 3 is 2.50 bits per heavy atom. The van der Waals surface area contributed by atoms with E-state index in [2.05, 4.69) is 36.4 Å². The van der Waals surface area contributed by atoms with Crippen LogP contribution in [0.4, 0.5) is 10.3 Å². The van der Waals surface area contributed by atoms with Crippen molar-refractivity contribution in [1.82, 2.24) is 15.2 Å². The van der Waals surface area contributed by atoms with E-state index in [1.807, 2.05) is 19.9 Å². The van der Waals surface area contributed by atoms with E-state index in [0.717, 1.165) is 29.8 Å². The number of rotatable bonds is 5. The lowest BCUT2D eigenvalue weighted by Crippen LogP contribution is -2.09. The molecule has 2 aromatic rings. The lowest BCUT2D eigenvalue weighted by Gasteiger charge is -2.08. The molecule has 1 heterocycles. The number of hydrogen-bond acceptors (Lipinski definition) is 4. The second-order valence-corrected chi connectivity index (χ2v) is 5.28. The molecule has 0 bridgehead atoms. The van der Waals surface area contributed by atoms with Gasteiger partial charge in [0, 0.05) is 11.0 Å². The van der Waals surface area contributed by atoms with E-state index in [4.69, 9.17) is 0 Å². The molecule has 0 atom stereocenters. The van der Waals surface area contributed by atoms with Gasteiger partial charge in [-0.3, -0.25) is 0 Å². The van der Waals surface area contributed by atoms with Crippen LogP contribution in [-0.4, -0.2) is 15.2 Å². The Kier molecular flexibility index (Phi) is 5.00. The molecule has 1 aromatic heterocycles. The average molecular weight is 339 g/mol. The highest BCUT2D eigenvalue weighted by Crippen LogP contribution is 2.16. The van der Waals surface area contributed by atoms with Gasteiger partial charge in [0.15, 0.2) is 0 Å². The summed E-state index contributed by atoms with van der Waals surface area (Å²) in [6.07, 6.45) is 1.64. The van der Waals surface area contributed by atoms with Gasteiger partial charge in [-0.2, -0.15) is 5.10 Å². The summed E-state index contributed by atoms with van der Waals surface area (Å²) in [7, 11) is 0. The molecule has 0 aliphatic heterocycles. The van der Waals surface area contributed by atoms with Crippen molar-refractivity contribution in [2.45, 2.75) is 33.2 Å². The quantitative estimate of drug-likeness (QED) is 0.906. The number of hydrogen-bond donors (Lipinski definition) is 1. The van der Waals surface area contributed by atoms with Crippen molar-refractivity contribution >= 4 is 21.9 Å². The maximum atomic E-state index is 13.3. The van der Waals surface area contributed by atoms with Gasteiger partial charge in [0.25, 0.3) is 0 Å². The van der Waals surface area contributed by atoms with Crippen molar-refractivity contribution in [2.75, 3.05) is 5.32 Å². The Hall–Kier alpha value is -1.56. The van der Waals surface area contributed by atoms with Crippen molar-refractivity contribution < 1.29 is 4.39 Å². The molecule has 0 spiro atoms. The first-order chi connectivity index (χ1) is 9.62. The second-order valence-electron chi connectivity index (χ2n) is 4.37. The summed E-state index contributed by atoms with van der Waals surface area (Å²) in [5.74, 6) is 0.199. The van der Waals surface area contributed by atoms with E-state index in [1.54, 1.807) is 0 Å². The van der Waals surface area contributed by atoms with Gasteiger partial charge in [-0.25, -0.2) is 9.37 Å². The van der Waals surface area contributed by atoms with Crippen molar-refractivity contribution in [3.63, 3.8) is 0 Å². The zero-order valence-electron chi connectivity index (χ0n) is 11.5. The van der Waals surface area contributed by atoms with Crippen LogP contribution in [0.5, 0.6) is 0 Å². The SMILES string of the molecule is CCc1nnc(NCc2cc(F)cc(Br)c2)nc1CC. The highest BCUT2D eigenvalue weighted by Gasteiger charge is 2.06. The molecule has 0 radical (unpaired) electrons. The van der Waals surface area contributed by atoms with E-state index >= 15 is 0 Å². The molecule has 4 nitrogen and oxygen atoms in total. The highest BCUT2D eigenvalue weighted by molar-refractivity contribution is 9.10. The van der Waals surface area contributed by atoms with Gasteiger partial charge in [-0.1, -0.05) is 29.8 Å². The minimum atomic E-state index is -0.272. The predicted molar refractivity (Wildman–Crippen MR) is 80.0 cm³/mol. The summed E-state index contributed by atoms with van der Waals surface area (Å²) < 4.78 is 14.0. The van der Waals surface area contributed by atoms with E-state index in [-0.39, 0.29) is 5.82 Å². The summed E-state index contributed by atoms with van der Waals surface area (Å²) in [4.78, 5) is 4.43. The van der Waals surface area contributed by atoms with Crippen molar-refractivity contribution in [3.05, 3.63) is 45.4 Å². The Morgan fingerprint density at radius 2 is 1.85 bits per heavy atom. The Labute approximate surface area is 126 Å². The molecule has 1 N–H and O–H groups in total. The number of halogens is 2. The highest BCUT2D eigenvalue weighted by atomic mass is 79.9. The number of benzene rings is 1. The summed E-state index contributed by atoms with van der Waals surface area (Å²) in [6.45, 7) is 4.52. The molecule has 2 rings (SSSR count). The van der Waals surface area contributed by atoms with Crippen LogP contribution in [0, 0.1) is 5.82 Å². The van der Waals surface area contributed by atoms with Crippen LogP contribution in [-0.2, 0) is 19.4 Å². The summed E-state index contributed by atoms with van der Waals surface area (Å²) in [5, 5.41) is 11.3. The molecule has 0 saturated carbocycles. The normalized spacial score (nSPS) is 10.6. The molecule has 0 amide bonds. The zero-order chi connectivity index (χ0) is 14.5. The third-order valence-corrected chi connectivity index (χ3v) is 3.34. The van der Waals surface area contributed by atoms with Crippen LogP contribution in [0.2, 0.25) is 0 Å². The molecule has 1 aromatic carbocycles. The Balaban J connectivity index is 2.10. The third-order valence-electron chi connectivity index (χ3n) is 2.88. The minimum absolute atomic E-state index is 0.272. The van der Waals surface area contributed by atoms with Crippen LogP contribution in [0.3, 0.4) is 0 Å². The monoisotopic (exact) mass is 338 g/mol. The molecule has 0 aliphatic rings. The van der Waals surface area contributed by atoms with Crippen LogP contribution in [0.15, 0.2) is 22.7 Å². The summed E-state index contributed by atoms with van der Waals surface area (Å²) in [6, 6.07) is 4.75. The van der Waals surface area contributed by atoms with Crippen molar-refractivity contribution in [1.29, 1.82) is 0 Å². The van der Waals surface area contributed by atoms with Gasteiger partial charge >= 0.3 is 0 Å². The number of anilines is 1. The van der Waals surface area contributed by atoms with Crippen LogP contribution < -0.4 is 5.32 Å². The molecular weight excluding hydrogens is 323 g/mol. The summed E-state index contributed by atoms with van der Waals surface area (Å²) in [5.41, 5.74) is 2.69. The van der Waals surface area contributed by atoms with E-state index in [9.17, 15) is 4.39 Å². The largest absolute Gasteiger partial charge is 0.349 e. The standard InChI is InChI=1S/C14H16BrFN4/c1-3-12-13(4-2)19-20-14(18-12)17-8-9-5-10(15)7-11(16)6-9/h5-7H,3-4,8H2,1-2H3,(H,17,18,20). The first kappa shape index (κ1) is 14.8. The maximum absolute atomic E-state index is 13.3. The van der Waals surface area contributed by atoms with Crippen molar-refractivity contribution in [3.8, 4) is 0 Å². The first-order valence-corrected chi connectivity index (χ1v) is 7.33. The smallest absolute Gasteiger partial charge is 0.243 e. The molecule has 20 heavy (non-hydrogen) atoms. The number of nitrogens with one attached hydrogen (secondary N) is 1. The van der Waals surface area contributed by atoms with Gasteiger partial charge in [-0.15, -0.1) is 5.10 Å². The minimum Gasteiger partial charge on any atom is -0.349 e. The van der Waals surface area contributed by atoms with Gasteiger partial charge in [-0.05, 0) is 36.6 Å². The zero-order valence-corrected chi connectivity index (χ0v) is 13.0. The molecule has 0 fully saturated rings. The number of nitrogens with zero attached hydrogens (tertiary/aromatic N) is 3. The fourth-order valence-electron chi connectivity index (χ4n) is 1.91. The van der Waals surface area contributed by atoms with E-state index in [1.165, 1.54) is 12.1 Å². The van der Waals surface area contributed by atoms with Gasteiger partial charge in [0.2, 0.25) is 5.95 Å². The second kappa shape index (κ2) is 6.74. The fourth-order valence-corrected chi connectivity index (χ4v) is 2.42. The lowest BCUT2D eigenvalue weighted by molar-refractivity contribution is 0.625. The average Bonchev–Trinajstić information content (AvgIpc) is 2.43. The van der Waals surface area contributed by atoms with Crippen LogP contribution >= 0.6 is 15.9 Å². The Morgan fingerprint density at radius 1 is 1.10 bits per heavy atom. The van der Waals surface area contributed by atoms with Gasteiger partial charge in [0.05, 0.1) is 11.4 Å². The molecular formula is C14H16BrFN4. The molecule has 106 valence electrons. The molecule has 0 unspecified atom stereocenters. The topological polar surface area (TPSA) is 50.7 Å². The van der Waals surface area contributed by atoms with E-state index < -0.39 is 0 Å². The fraction of sp³-hybridized carbons (Fsp3) is 0.357. The number of aryl methyl sites for hydroxylation is 2. The predicted octanol–water partition coefficient (Wildman–Crippen LogP) is 3.51. The maximum Gasteiger partial charge on any atom is 0.243 e. The Bertz CT molecular complexity index is 583.